The fourth-order valence-corrected chi connectivity index (χ4v) is 3.80. The first-order chi connectivity index (χ1) is 12.7. The lowest BCUT2D eigenvalue weighted by atomic mass is 10.1. The third kappa shape index (κ3) is 3.69. The highest BCUT2D eigenvalue weighted by molar-refractivity contribution is 9.10. The second-order valence-corrected chi connectivity index (χ2v) is 8.01. The minimum atomic E-state index is -0.230. The van der Waals surface area contributed by atoms with E-state index in [9.17, 15) is 9.59 Å². The SMILES string of the molecule is Cc1cc(C)c(CNC(=O)c2cc(Br)cc3c2c(C)nn3C(C)C)c(=O)[nH]1. The number of hydrogen-bond acceptors (Lipinski definition) is 3. The van der Waals surface area contributed by atoms with Gasteiger partial charge in [0.25, 0.3) is 11.5 Å². The third-order valence-corrected chi connectivity index (χ3v) is 5.06. The second kappa shape index (κ2) is 7.31. The van der Waals surface area contributed by atoms with E-state index in [1.54, 1.807) is 6.07 Å². The number of aryl methyl sites for hydroxylation is 3. The predicted octanol–water partition coefficient (Wildman–Crippen LogP) is 3.92. The van der Waals surface area contributed by atoms with E-state index in [1.807, 2.05) is 37.6 Å². The highest BCUT2D eigenvalue weighted by atomic mass is 79.9. The van der Waals surface area contributed by atoms with Crippen molar-refractivity contribution in [3.63, 3.8) is 0 Å². The Hall–Kier alpha value is -2.41. The molecule has 0 unspecified atom stereocenters. The average Bonchev–Trinajstić information content (AvgIpc) is 2.89. The zero-order chi connectivity index (χ0) is 19.9. The molecule has 2 heterocycles. The maximum atomic E-state index is 12.9. The van der Waals surface area contributed by atoms with Crippen molar-refractivity contribution in [3.05, 3.63) is 61.1 Å². The molecule has 3 aromatic rings. The smallest absolute Gasteiger partial charge is 0.253 e. The molecule has 2 N–H and O–H groups in total. The number of hydrogen-bond donors (Lipinski definition) is 2. The average molecular weight is 431 g/mol. The van der Waals surface area contributed by atoms with Crippen molar-refractivity contribution in [2.75, 3.05) is 0 Å². The van der Waals surface area contributed by atoms with Crippen LogP contribution in [-0.2, 0) is 6.54 Å². The normalized spacial score (nSPS) is 11.4. The molecule has 27 heavy (non-hydrogen) atoms. The Morgan fingerprint density at radius 1 is 1.26 bits per heavy atom. The third-order valence-electron chi connectivity index (χ3n) is 4.60. The van der Waals surface area contributed by atoms with Crippen LogP contribution in [0, 0.1) is 20.8 Å². The summed E-state index contributed by atoms with van der Waals surface area (Å²) < 4.78 is 2.73. The van der Waals surface area contributed by atoms with Crippen LogP contribution in [0.25, 0.3) is 10.9 Å². The summed E-state index contributed by atoms with van der Waals surface area (Å²) in [6.07, 6.45) is 0. The van der Waals surface area contributed by atoms with Crippen LogP contribution >= 0.6 is 15.9 Å². The van der Waals surface area contributed by atoms with Crippen molar-refractivity contribution in [1.82, 2.24) is 20.1 Å². The Morgan fingerprint density at radius 3 is 2.59 bits per heavy atom. The molecule has 0 aliphatic carbocycles. The number of benzene rings is 1. The van der Waals surface area contributed by atoms with Crippen LogP contribution in [0.2, 0.25) is 0 Å². The van der Waals surface area contributed by atoms with Gasteiger partial charge in [0.15, 0.2) is 0 Å². The monoisotopic (exact) mass is 430 g/mol. The molecule has 1 aromatic carbocycles. The van der Waals surface area contributed by atoms with Gasteiger partial charge < -0.3 is 10.3 Å². The first kappa shape index (κ1) is 19.4. The van der Waals surface area contributed by atoms with Crippen molar-refractivity contribution in [2.24, 2.45) is 0 Å². The van der Waals surface area contributed by atoms with Crippen molar-refractivity contribution in [3.8, 4) is 0 Å². The summed E-state index contributed by atoms with van der Waals surface area (Å²) in [4.78, 5) is 27.9. The van der Waals surface area contributed by atoms with E-state index in [4.69, 9.17) is 0 Å². The molecule has 7 heteroatoms. The maximum Gasteiger partial charge on any atom is 0.253 e. The van der Waals surface area contributed by atoms with Gasteiger partial charge in [0.1, 0.15) is 0 Å². The summed E-state index contributed by atoms with van der Waals surface area (Å²) in [5, 5.41) is 8.31. The molecule has 0 spiro atoms. The van der Waals surface area contributed by atoms with Gasteiger partial charge in [-0.25, -0.2) is 0 Å². The van der Waals surface area contributed by atoms with Crippen LogP contribution in [0.1, 0.15) is 52.8 Å². The zero-order valence-corrected chi connectivity index (χ0v) is 17.7. The number of nitrogens with zero attached hydrogens (tertiary/aromatic N) is 2. The number of aromatic amines is 1. The Bertz CT molecular complexity index is 1100. The van der Waals surface area contributed by atoms with Crippen molar-refractivity contribution in [2.45, 2.75) is 47.2 Å². The number of carbonyl (C=O) groups is 1. The molecule has 3 rings (SSSR count). The Labute approximate surface area is 166 Å². The Morgan fingerprint density at radius 2 is 1.96 bits per heavy atom. The molecule has 0 bridgehead atoms. The Balaban J connectivity index is 1.98. The number of aromatic nitrogens is 3. The van der Waals surface area contributed by atoms with Gasteiger partial charge in [-0.2, -0.15) is 5.10 Å². The summed E-state index contributed by atoms with van der Waals surface area (Å²) >= 11 is 3.50. The van der Waals surface area contributed by atoms with E-state index in [-0.39, 0.29) is 24.1 Å². The molecule has 142 valence electrons. The largest absolute Gasteiger partial charge is 0.348 e. The predicted molar refractivity (Wildman–Crippen MR) is 110 cm³/mol. The number of rotatable bonds is 4. The molecule has 6 nitrogen and oxygen atoms in total. The fraction of sp³-hybridized carbons (Fsp3) is 0.350. The summed E-state index contributed by atoms with van der Waals surface area (Å²) in [7, 11) is 0. The summed E-state index contributed by atoms with van der Waals surface area (Å²) in [5.74, 6) is -0.230. The van der Waals surface area contributed by atoms with Gasteiger partial charge in [0.05, 0.1) is 16.8 Å². The minimum Gasteiger partial charge on any atom is -0.348 e. The van der Waals surface area contributed by atoms with Gasteiger partial charge in [-0.3, -0.25) is 14.3 Å². The number of carbonyl (C=O) groups excluding carboxylic acids is 1. The molecular weight excluding hydrogens is 408 g/mol. The molecule has 0 saturated carbocycles. The quantitative estimate of drug-likeness (QED) is 0.657. The molecule has 0 aliphatic heterocycles. The van der Waals surface area contributed by atoms with E-state index in [0.717, 1.165) is 32.3 Å². The fourth-order valence-electron chi connectivity index (χ4n) is 3.36. The molecular formula is C20H23BrN4O2. The first-order valence-corrected chi connectivity index (χ1v) is 9.64. The second-order valence-electron chi connectivity index (χ2n) is 7.10. The van der Waals surface area contributed by atoms with Crippen LogP contribution in [0.15, 0.2) is 27.5 Å². The Kier molecular flexibility index (Phi) is 5.24. The summed E-state index contributed by atoms with van der Waals surface area (Å²) in [6, 6.07) is 5.85. The van der Waals surface area contributed by atoms with Gasteiger partial charge >= 0.3 is 0 Å². The summed E-state index contributed by atoms with van der Waals surface area (Å²) in [6.45, 7) is 9.90. The number of fused-ring (bicyclic) bond motifs is 1. The molecule has 2 aromatic heterocycles. The molecule has 0 atom stereocenters. The van der Waals surface area contributed by atoms with Gasteiger partial charge in [-0.05, 0) is 58.4 Å². The van der Waals surface area contributed by atoms with Crippen LogP contribution in [0.4, 0.5) is 0 Å². The van der Waals surface area contributed by atoms with Crippen molar-refractivity contribution in [1.29, 1.82) is 0 Å². The van der Waals surface area contributed by atoms with Gasteiger partial charge in [-0.1, -0.05) is 15.9 Å². The van der Waals surface area contributed by atoms with Gasteiger partial charge in [-0.15, -0.1) is 0 Å². The van der Waals surface area contributed by atoms with Crippen LogP contribution in [0.3, 0.4) is 0 Å². The molecule has 0 radical (unpaired) electrons. The first-order valence-electron chi connectivity index (χ1n) is 8.85. The lowest BCUT2D eigenvalue weighted by Crippen LogP contribution is -2.28. The zero-order valence-electron chi connectivity index (χ0n) is 16.1. The van der Waals surface area contributed by atoms with Gasteiger partial charge in [0.2, 0.25) is 0 Å². The van der Waals surface area contributed by atoms with E-state index in [1.165, 1.54) is 0 Å². The molecule has 0 saturated heterocycles. The lowest BCUT2D eigenvalue weighted by Gasteiger charge is -2.11. The van der Waals surface area contributed by atoms with Crippen molar-refractivity contribution < 1.29 is 4.79 Å². The molecule has 0 fully saturated rings. The standard InChI is InChI=1S/C20H23BrN4O2/c1-10(2)25-17-8-14(21)7-15(18(17)13(5)24-25)19(26)22-9-16-11(3)6-12(4)23-20(16)27/h6-8,10H,9H2,1-5H3,(H,22,26)(H,23,27). The van der Waals surface area contributed by atoms with E-state index in [2.05, 4.69) is 45.2 Å². The lowest BCUT2D eigenvalue weighted by molar-refractivity contribution is 0.0952. The molecule has 1 amide bonds. The number of pyridine rings is 1. The van der Waals surface area contributed by atoms with Crippen LogP contribution < -0.4 is 10.9 Å². The number of halogens is 1. The van der Waals surface area contributed by atoms with Crippen LogP contribution in [0.5, 0.6) is 0 Å². The number of H-pyrrole nitrogens is 1. The maximum absolute atomic E-state index is 12.9. The summed E-state index contributed by atoms with van der Waals surface area (Å²) in [5.41, 5.74) is 4.32. The van der Waals surface area contributed by atoms with E-state index >= 15 is 0 Å². The minimum absolute atomic E-state index is 0.170. The topological polar surface area (TPSA) is 79.8 Å². The van der Waals surface area contributed by atoms with Gasteiger partial charge in [0, 0.05) is 33.7 Å². The van der Waals surface area contributed by atoms with Crippen LogP contribution in [-0.4, -0.2) is 20.7 Å². The number of nitrogens with one attached hydrogen (secondary N) is 2. The molecule has 0 aliphatic rings. The number of amides is 1. The van der Waals surface area contributed by atoms with E-state index < -0.39 is 0 Å². The highest BCUT2D eigenvalue weighted by Crippen LogP contribution is 2.29. The van der Waals surface area contributed by atoms with E-state index in [0.29, 0.717) is 11.1 Å². The highest BCUT2D eigenvalue weighted by Gasteiger charge is 2.19. The van der Waals surface area contributed by atoms with Crippen molar-refractivity contribution >= 4 is 32.7 Å².